The van der Waals surface area contributed by atoms with E-state index < -0.39 is 0 Å². The normalized spacial score (nSPS) is 15.2. The number of nitrogens with one attached hydrogen (secondary N) is 1. The lowest BCUT2D eigenvalue weighted by Gasteiger charge is -2.18. The van der Waals surface area contributed by atoms with E-state index in [9.17, 15) is 4.79 Å². The summed E-state index contributed by atoms with van der Waals surface area (Å²) in [4.78, 5) is 11.3. The van der Waals surface area contributed by atoms with E-state index in [2.05, 4.69) is 11.4 Å². The SMILES string of the molecule is CC(=O)c1cccc2c1CCNC2. The molecule has 0 saturated carbocycles. The van der Waals surface area contributed by atoms with E-state index in [1.807, 2.05) is 12.1 Å². The highest BCUT2D eigenvalue weighted by molar-refractivity contribution is 5.95. The van der Waals surface area contributed by atoms with Crippen LogP contribution in [0.25, 0.3) is 0 Å². The van der Waals surface area contributed by atoms with E-state index in [-0.39, 0.29) is 5.78 Å². The quantitative estimate of drug-likeness (QED) is 0.656. The van der Waals surface area contributed by atoms with Crippen molar-refractivity contribution in [2.24, 2.45) is 0 Å². The van der Waals surface area contributed by atoms with Crippen molar-refractivity contribution in [3.63, 3.8) is 0 Å². The average molecular weight is 175 g/mol. The van der Waals surface area contributed by atoms with Crippen molar-refractivity contribution >= 4 is 5.78 Å². The lowest BCUT2D eigenvalue weighted by atomic mass is 9.94. The van der Waals surface area contributed by atoms with Crippen molar-refractivity contribution in [1.82, 2.24) is 5.32 Å². The fourth-order valence-corrected chi connectivity index (χ4v) is 1.86. The van der Waals surface area contributed by atoms with E-state index in [0.717, 1.165) is 25.1 Å². The smallest absolute Gasteiger partial charge is 0.160 e. The molecule has 0 radical (unpaired) electrons. The van der Waals surface area contributed by atoms with Gasteiger partial charge in [0.25, 0.3) is 0 Å². The van der Waals surface area contributed by atoms with Gasteiger partial charge in [-0.2, -0.15) is 0 Å². The Labute approximate surface area is 78.0 Å². The zero-order valence-electron chi connectivity index (χ0n) is 7.76. The molecule has 1 aromatic rings. The van der Waals surface area contributed by atoms with Crippen LogP contribution in [0.4, 0.5) is 0 Å². The maximum absolute atomic E-state index is 11.3. The van der Waals surface area contributed by atoms with Gasteiger partial charge in [-0.3, -0.25) is 4.79 Å². The van der Waals surface area contributed by atoms with Crippen LogP contribution in [0.5, 0.6) is 0 Å². The molecule has 0 atom stereocenters. The molecule has 0 aliphatic carbocycles. The lowest BCUT2D eigenvalue weighted by Crippen LogP contribution is -2.25. The second-order valence-corrected chi connectivity index (χ2v) is 3.43. The first kappa shape index (κ1) is 8.45. The van der Waals surface area contributed by atoms with Gasteiger partial charge in [-0.25, -0.2) is 0 Å². The lowest BCUT2D eigenvalue weighted by molar-refractivity contribution is 0.101. The van der Waals surface area contributed by atoms with Gasteiger partial charge in [-0.1, -0.05) is 18.2 Å². The molecule has 0 amide bonds. The third kappa shape index (κ3) is 1.49. The Balaban J connectivity index is 2.52. The van der Waals surface area contributed by atoms with E-state index in [1.54, 1.807) is 6.92 Å². The van der Waals surface area contributed by atoms with Gasteiger partial charge in [0.2, 0.25) is 0 Å². The molecule has 0 bridgehead atoms. The molecule has 2 heteroatoms. The molecule has 1 aliphatic rings. The second kappa shape index (κ2) is 3.30. The molecule has 1 aromatic carbocycles. The van der Waals surface area contributed by atoms with E-state index in [4.69, 9.17) is 0 Å². The number of hydrogen-bond donors (Lipinski definition) is 1. The van der Waals surface area contributed by atoms with Crippen molar-refractivity contribution in [3.8, 4) is 0 Å². The first-order valence-corrected chi connectivity index (χ1v) is 4.61. The molecular formula is C11H13NO. The van der Waals surface area contributed by atoms with Crippen LogP contribution < -0.4 is 5.32 Å². The van der Waals surface area contributed by atoms with Crippen LogP contribution in [0.15, 0.2) is 18.2 Å². The predicted molar refractivity (Wildman–Crippen MR) is 51.9 cm³/mol. The number of rotatable bonds is 1. The molecule has 0 spiro atoms. The predicted octanol–water partition coefficient (Wildman–Crippen LogP) is 1.53. The number of carbonyl (C=O) groups excluding carboxylic acids is 1. The van der Waals surface area contributed by atoms with Gasteiger partial charge in [-0.05, 0) is 31.0 Å². The third-order valence-corrected chi connectivity index (χ3v) is 2.52. The summed E-state index contributed by atoms with van der Waals surface area (Å²) in [6.45, 7) is 3.52. The molecule has 1 N–H and O–H groups in total. The maximum Gasteiger partial charge on any atom is 0.160 e. The van der Waals surface area contributed by atoms with Gasteiger partial charge in [0.05, 0.1) is 0 Å². The zero-order chi connectivity index (χ0) is 9.26. The van der Waals surface area contributed by atoms with Crippen molar-refractivity contribution in [2.45, 2.75) is 19.9 Å². The fraction of sp³-hybridized carbons (Fsp3) is 0.364. The fourth-order valence-electron chi connectivity index (χ4n) is 1.86. The summed E-state index contributed by atoms with van der Waals surface area (Å²) in [6.07, 6.45) is 0.977. The summed E-state index contributed by atoms with van der Waals surface area (Å²) in [6, 6.07) is 5.98. The van der Waals surface area contributed by atoms with Crippen molar-refractivity contribution < 1.29 is 4.79 Å². The Morgan fingerprint density at radius 3 is 3.08 bits per heavy atom. The standard InChI is InChI=1S/C11H13NO/c1-8(13)10-4-2-3-9-7-12-6-5-11(9)10/h2-4,12H,5-7H2,1H3. The zero-order valence-corrected chi connectivity index (χ0v) is 7.76. The Morgan fingerprint density at radius 1 is 1.46 bits per heavy atom. The number of ketones is 1. The molecule has 2 nitrogen and oxygen atoms in total. The van der Waals surface area contributed by atoms with E-state index in [0.29, 0.717) is 0 Å². The maximum atomic E-state index is 11.3. The first-order chi connectivity index (χ1) is 6.29. The molecule has 0 aromatic heterocycles. The summed E-state index contributed by atoms with van der Waals surface area (Å²) in [7, 11) is 0. The van der Waals surface area contributed by atoms with E-state index in [1.165, 1.54) is 11.1 Å². The number of benzene rings is 1. The summed E-state index contributed by atoms with van der Waals surface area (Å²) in [5.41, 5.74) is 3.42. The van der Waals surface area contributed by atoms with Crippen LogP contribution in [-0.4, -0.2) is 12.3 Å². The Morgan fingerprint density at radius 2 is 2.31 bits per heavy atom. The summed E-state index contributed by atoms with van der Waals surface area (Å²) in [5, 5.41) is 3.30. The Kier molecular flexibility index (Phi) is 2.15. The Hall–Kier alpha value is -1.15. The summed E-state index contributed by atoms with van der Waals surface area (Å²) in [5.74, 6) is 0.179. The minimum Gasteiger partial charge on any atom is -0.312 e. The molecule has 0 unspecified atom stereocenters. The van der Waals surface area contributed by atoms with Crippen LogP contribution in [-0.2, 0) is 13.0 Å². The van der Waals surface area contributed by atoms with Crippen molar-refractivity contribution in [1.29, 1.82) is 0 Å². The molecule has 13 heavy (non-hydrogen) atoms. The third-order valence-electron chi connectivity index (χ3n) is 2.52. The molecule has 2 rings (SSSR count). The highest BCUT2D eigenvalue weighted by atomic mass is 16.1. The average Bonchev–Trinajstić information content (AvgIpc) is 2.17. The number of Topliss-reactive ketones (excluding diaryl/α,β-unsaturated/α-hetero) is 1. The minimum absolute atomic E-state index is 0.179. The molecular weight excluding hydrogens is 162 g/mol. The molecule has 1 aliphatic heterocycles. The highest BCUT2D eigenvalue weighted by Gasteiger charge is 2.13. The van der Waals surface area contributed by atoms with Crippen LogP contribution >= 0.6 is 0 Å². The summed E-state index contributed by atoms with van der Waals surface area (Å²) >= 11 is 0. The van der Waals surface area contributed by atoms with Crippen molar-refractivity contribution in [3.05, 3.63) is 34.9 Å². The monoisotopic (exact) mass is 175 g/mol. The number of fused-ring (bicyclic) bond motifs is 1. The second-order valence-electron chi connectivity index (χ2n) is 3.43. The number of hydrogen-bond acceptors (Lipinski definition) is 2. The van der Waals surface area contributed by atoms with Gasteiger partial charge in [0, 0.05) is 12.1 Å². The highest BCUT2D eigenvalue weighted by Crippen LogP contribution is 2.18. The minimum atomic E-state index is 0.179. The summed E-state index contributed by atoms with van der Waals surface area (Å²) < 4.78 is 0. The van der Waals surface area contributed by atoms with Gasteiger partial charge in [0.1, 0.15) is 0 Å². The topological polar surface area (TPSA) is 29.1 Å². The van der Waals surface area contributed by atoms with Crippen LogP contribution in [0.1, 0.15) is 28.4 Å². The van der Waals surface area contributed by atoms with Crippen molar-refractivity contribution in [2.75, 3.05) is 6.54 Å². The first-order valence-electron chi connectivity index (χ1n) is 4.61. The van der Waals surface area contributed by atoms with Gasteiger partial charge >= 0.3 is 0 Å². The van der Waals surface area contributed by atoms with Gasteiger partial charge < -0.3 is 5.32 Å². The van der Waals surface area contributed by atoms with E-state index >= 15 is 0 Å². The number of carbonyl (C=O) groups is 1. The van der Waals surface area contributed by atoms with Crippen LogP contribution in [0, 0.1) is 0 Å². The van der Waals surface area contributed by atoms with Gasteiger partial charge in [-0.15, -0.1) is 0 Å². The molecule has 0 fully saturated rings. The molecule has 68 valence electrons. The Bertz CT molecular complexity index is 344. The van der Waals surface area contributed by atoms with Crippen LogP contribution in [0.3, 0.4) is 0 Å². The largest absolute Gasteiger partial charge is 0.312 e. The molecule has 1 heterocycles. The van der Waals surface area contributed by atoms with Crippen LogP contribution in [0.2, 0.25) is 0 Å². The van der Waals surface area contributed by atoms with Gasteiger partial charge in [0.15, 0.2) is 5.78 Å². The molecule has 0 saturated heterocycles.